The summed E-state index contributed by atoms with van der Waals surface area (Å²) >= 11 is 12.2. The molecule has 0 bridgehead atoms. The van der Waals surface area contributed by atoms with Gasteiger partial charge in [-0.2, -0.15) is 0 Å². The number of nitrogens with zero attached hydrogens (tertiary/aromatic N) is 3. The third-order valence-electron chi connectivity index (χ3n) is 3.88. The Morgan fingerprint density at radius 1 is 0.870 bits per heavy atom. The smallest absolute Gasteiger partial charge is 0.214 e. The highest BCUT2D eigenvalue weighted by atomic mass is 35.5. The van der Waals surface area contributed by atoms with E-state index in [-0.39, 0.29) is 0 Å². The van der Waals surface area contributed by atoms with Crippen molar-refractivity contribution in [3.63, 3.8) is 0 Å². The van der Waals surface area contributed by atoms with Gasteiger partial charge in [-0.15, -0.1) is 0 Å². The van der Waals surface area contributed by atoms with E-state index in [0.29, 0.717) is 5.02 Å². The van der Waals surface area contributed by atoms with E-state index < -0.39 is 0 Å². The van der Waals surface area contributed by atoms with Gasteiger partial charge in [0, 0.05) is 40.6 Å². The molecule has 4 aromatic rings. The van der Waals surface area contributed by atoms with E-state index >= 15 is 0 Å². The Morgan fingerprint density at radius 2 is 1.52 bits per heavy atom. The van der Waals surface area contributed by atoms with Gasteiger partial charge < -0.3 is 4.57 Å². The molecule has 0 aliphatic carbocycles. The van der Waals surface area contributed by atoms with Gasteiger partial charge in [0.15, 0.2) is 0 Å². The minimum Gasteiger partial charge on any atom is -0.313 e. The number of hydrogen-bond acceptors (Lipinski definition) is 1. The SMILES string of the molecule is Cn1c(-c2cccc(Cl)c2)cn2cc(-c3cccc(Cl)c3)nc12. The average Bonchev–Trinajstić information content (AvgIpc) is 3.07. The van der Waals surface area contributed by atoms with Gasteiger partial charge in [-0.05, 0) is 24.3 Å². The van der Waals surface area contributed by atoms with Crippen LogP contribution in [-0.4, -0.2) is 14.0 Å². The second-order valence-corrected chi connectivity index (χ2v) is 6.30. The average molecular weight is 342 g/mol. The van der Waals surface area contributed by atoms with Crippen molar-refractivity contribution in [3.8, 4) is 22.5 Å². The van der Waals surface area contributed by atoms with Crippen LogP contribution in [0.15, 0.2) is 60.9 Å². The number of fused-ring (bicyclic) bond motifs is 1. The molecule has 0 fully saturated rings. The van der Waals surface area contributed by atoms with Gasteiger partial charge in [0.2, 0.25) is 5.78 Å². The highest BCUT2D eigenvalue weighted by molar-refractivity contribution is 6.31. The van der Waals surface area contributed by atoms with Crippen LogP contribution in [0.5, 0.6) is 0 Å². The maximum atomic E-state index is 6.10. The van der Waals surface area contributed by atoms with Crippen LogP contribution in [0.4, 0.5) is 0 Å². The first-order chi connectivity index (χ1) is 11.1. The van der Waals surface area contributed by atoms with Crippen molar-refractivity contribution in [1.29, 1.82) is 0 Å². The van der Waals surface area contributed by atoms with Crippen molar-refractivity contribution in [1.82, 2.24) is 14.0 Å². The Labute approximate surface area is 143 Å². The van der Waals surface area contributed by atoms with E-state index in [1.54, 1.807) is 0 Å². The largest absolute Gasteiger partial charge is 0.313 e. The molecule has 0 saturated carbocycles. The Bertz CT molecular complexity index is 1010. The van der Waals surface area contributed by atoms with E-state index in [2.05, 4.69) is 10.8 Å². The molecule has 114 valence electrons. The summed E-state index contributed by atoms with van der Waals surface area (Å²) in [5.41, 5.74) is 4.03. The summed E-state index contributed by atoms with van der Waals surface area (Å²) in [6.45, 7) is 0. The lowest BCUT2D eigenvalue weighted by atomic mass is 10.1. The van der Waals surface area contributed by atoms with Crippen LogP contribution in [0, 0.1) is 0 Å². The summed E-state index contributed by atoms with van der Waals surface area (Å²) in [4.78, 5) is 4.73. The number of hydrogen-bond donors (Lipinski definition) is 0. The molecule has 2 heterocycles. The number of rotatable bonds is 2. The lowest BCUT2D eigenvalue weighted by Gasteiger charge is -2.03. The zero-order valence-corrected chi connectivity index (χ0v) is 13.9. The Kier molecular flexibility index (Phi) is 3.40. The highest BCUT2D eigenvalue weighted by Gasteiger charge is 2.12. The number of halogens is 2. The number of aromatic nitrogens is 3. The number of benzene rings is 2. The summed E-state index contributed by atoms with van der Waals surface area (Å²) < 4.78 is 4.08. The van der Waals surface area contributed by atoms with E-state index in [0.717, 1.165) is 33.3 Å². The molecule has 5 heteroatoms. The summed E-state index contributed by atoms with van der Waals surface area (Å²) in [5.74, 6) is 0.870. The Hall–Kier alpha value is -2.23. The quantitative estimate of drug-likeness (QED) is 0.484. The van der Waals surface area contributed by atoms with Crippen LogP contribution < -0.4 is 0 Å². The summed E-state index contributed by atoms with van der Waals surface area (Å²) in [5, 5.41) is 1.43. The van der Waals surface area contributed by atoms with Crippen LogP contribution in [0.1, 0.15) is 0 Å². The van der Waals surface area contributed by atoms with Gasteiger partial charge in [-0.25, -0.2) is 4.98 Å². The molecule has 4 rings (SSSR count). The summed E-state index contributed by atoms with van der Waals surface area (Å²) in [6.07, 6.45) is 4.07. The van der Waals surface area contributed by atoms with Crippen LogP contribution in [0.25, 0.3) is 28.3 Å². The molecule has 0 saturated heterocycles. The fourth-order valence-corrected chi connectivity index (χ4v) is 3.14. The molecule has 0 aliphatic heterocycles. The molecule has 0 radical (unpaired) electrons. The topological polar surface area (TPSA) is 22.2 Å². The fourth-order valence-electron chi connectivity index (χ4n) is 2.76. The maximum absolute atomic E-state index is 6.10. The molecule has 23 heavy (non-hydrogen) atoms. The molecule has 0 aliphatic rings. The standard InChI is InChI=1S/C18H13Cl2N3/c1-22-17(13-5-3-7-15(20)9-13)11-23-10-16(21-18(22)23)12-4-2-6-14(19)8-12/h2-11H,1H3. The lowest BCUT2D eigenvalue weighted by Crippen LogP contribution is -1.92. The van der Waals surface area contributed by atoms with Crippen molar-refractivity contribution in [2.24, 2.45) is 7.05 Å². The van der Waals surface area contributed by atoms with Gasteiger partial charge in [0.25, 0.3) is 0 Å². The number of aryl methyl sites for hydroxylation is 1. The van der Waals surface area contributed by atoms with Crippen LogP contribution >= 0.6 is 23.2 Å². The zero-order chi connectivity index (χ0) is 16.0. The first kappa shape index (κ1) is 14.4. The van der Waals surface area contributed by atoms with E-state index in [1.165, 1.54) is 0 Å². The summed E-state index contributed by atoms with van der Waals surface area (Å²) in [6, 6.07) is 15.5. The van der Waals surface area contributed by atoms with Crippen molar-refractivity contribution < 1.29 is 0 Å². The van der Waals surface area contributed by atoms with E-state index in [1.807, 2.05) is 66.2 Å². The molecule has 2 aromatic carbocycles. The third kappa shape index (κ3) is 2.52. The molecule has 3 nitrogen and oxygen atoms in total. The van der Waals surface area contributed by atoms with Crippen LogP contribution in [-0.2, 0) is 7.05 Å². The van der Waals surface area contributed by atoms with Gasteiger partial charge in [0.05, 0.1) is 11.4 Å². The molecule has 0 N–H and O–H groups in total. The molecular weight excluding hydrogens is 329 g/mol. The first-order valence-electron chi connectivity index (χ1n) is 7.18. The van der Waals surface area contributed by atoms with Crippen molar-refractivity contribution in [2.45, 2.75) is 0 Å². The fraction of sp³-hybridized carbons (Fsp3) is 0.0556. The molecule has 0 unspecified atom stereocenters. The molecule has 0 atom stereocenters. The van der Waals surface area contributed by atoms with Crippen molar-refractivity contribution >= 4 is 29.0 Å². The second-order valence-electron chi connectivity index (χ2n) is 5.43. The lowest BCUT2D eigenvalue weighted by molar-refractivity contribution is 0.945. The van der Waals surface area contributed by atoms with E-state index in [9.17, 15) is 0 Å². The molecule has 0 amide bonds. The first-order valence-corrected chi connectivity index (χ1v) is 7.94. The monoisotopic (exact) mass is 341 g/mol. The minimum absolute atomic E-state index is 0.708. The predicted molar refractivity (Wildman–Crippen MR) is 95.1 cm³/mol. The van der Waals surface area contributed by atoms with Gasteiger partial charge in [-0.3, -0.25) is 4.40 Å². The highest BCUT2D eigenvalue weighted by Crippen LogP contribution is 2.27. The van der Waals surface area contributed by atoms with Gasteiger partial charge in [-0.1, -0.05) is 47.5 Å². The van der Waals surface area contributed by atoms with Gasteiger partial charge in [0.1, 0.15) is 0 Å². The minimum atomic E-state index is 0.708. The molecular formula is C18H13Cl2N3. The third-order valence-corrected chi connectivity index (χ3v) is 4.35. The second kappa shape index (κ2) is 5.44. The van der Waals surface area contributed by atoms with Gasteiger partial charge >= 0.3 is 0 Å². The van der Waals surface area contributed by atoms with Crippen LogP contribution in [0.2, 0.25) is 10.0 Å². The van der Waals surface area contributed by atoms with E-state index in [4.69, 9.17) is 28.2 Å². The predicted octanol–water partition coefficient (Wildman–Crippen LogP) is 5.31. The Balaban J connectivity index is 1.83. The summed E-state index contributed by atoms with van der Waals surface area (Å²) in [7, 11) is 2.00. The zero-order valence-electron chi connectivity index (χ0n) is 12.4. The normalized spacial score (nSPS) is 11.3. The molecule has 0 spiro atoms. The molecule has 2 aromatic heterocycles. The van der Waals surface area contributed by atoms with Crippen molar-refractivity contribution in [3.05, 3.63) is 71.0 Å². The Morgan fingerprint density at radius 3 is 2.17 bits per heavy atom. The van der Waals surface area contributed by atoms with Crippen molar-refractivity contribution in [2.75, 3.05) is 0 Å². The maximum Gasteiger partial charge on any atom is 0.214 e. The van der Waals surface area contributed by atoms with Crippen LogP contribution in [0.3, 0.4) is 0 Å². The number of imidazole rings is 2.